The Morgan fingerprint density at radius 3 is 2.06 bits per heavy atom. The Kier molecular flexibility index (Phi) is 3.42. The Bertz CT molecular complexity index is 368. The summed E-state index contributed by atoms with van der Waals surface area (Å²) in [5, 5.41) is 9.01. The second-order valence-electron chi connectivity index (χ2n) is 5.68. The molecule has 0 heterocycles. The molecular weight excluding hydrogens is 248 g/mol. The van der Waals surface area contributed by atoms with Gasteiger partial charge < -0.3 is 15.6 Å². The third kappa shape index (κ3) is 2.77. The molecule has 1 fully saturated rings. The van der Waals surface area contributed by atoms with Crippen molar-refractivity contribution in [3.63, 3.8) is 0 Å². The molecule has 1 atom stereocenters. The Balaban J connectivity index is 2.84. The number of aliphatic carboxylic acids is 1. The molecule has 0 radical (unpaired) electrons. The van der Waals surface area contributed by atoms with Gasteiger partial charge in [0, 0.05) is 12.8 Å². The zero-order valence-electron chi connectivity index (χ0n) is 10.5. The van der Waals surface area contributed by atoms with E-state index in [2.05, 4.69) is 0 Å². The van der Waals surface area contributed by atoms with Crippen molar-refractivity contribution in [3.8, 4) is 0 Å². The van der Waals surface area contributed by atoms with E-state index in [0.29, 0.717) is 0 Å². The van der Waals surface area contributed by atoms with Crippen molar-refractivity contribution in [2.45, 2.75) is 51.2 Å². The fourth-order valence-corrected chi connectivity index (χ4v) is 1.97. The van der Waals surface area contributed by atoms with E-state index in [1.807, 2.05) is 0 Å². The Hall–Kier alpha value is -1.24. The summed E-state index contributed by atoms with van der Waals surface area (Å²) in [6, 6.07) is -1.59. The SMILES string of the molecule is CC(C)(C)OC(=O)[C@@H](N)C1(C(=O)O)CC(F)(F)C1. The number of carboxylic acids is 1. The van der Waals surface area contributed by atoms with Crippen molar-refractivity contribution in [1.82, 2.24) is 0 Å². The molecule has 0 bridgehead atoms. The van der Waals surface area contributed by atoms with Crippen LogP contribution in [0.3, 0.4) is 0 Å². The summed E-state index contributed by atoms with van der Waals surface area (Å²) in [7, 11) is 0. The minimum absolute atomic E-state index is 0.847. The molecule has 5 nitrogen and oxygen atoms in total. The van der Waals surface area contributed by atoms with Crippen LogP contribution in [0.2, 0.25) is 0 Å². The maximum Gasteiger partial charge on any atom is 0.324 e. The Labute approximate surface area is 103 Å². The van der Waals surface area contributed by atoms with E-state index >= 15 is 0 Å². The van der Waals surface area contributed by atoms with Gasteiger partial charge in [-0.05, 0) is 20.8 Å². The molecule has 0 unspecified atom stereocenters. The lowest BCUT2D eigenvalue weighted by Gasteiger charge is -2.46. The second-order valence-corrected chi connectivity index (χ2v) is 5.68. The van der Waals surface area contributed by atoms with Crippen molar-refractivity contribution in [2.75, 3.05) is 0 Å². The van der Waals surface area contributed by atoms with Gasteiger partial charge in [0.2, 0.25) is 0 Å². The number of carbonyl (C=O) groups excluding carboxylic acids is 1. The van der Waals surface area contributed by atoms with E-state index in [-0.39, 0.29) is 0 Å². The first-order chi connectivity index (χ1) is 7.90. The van der Waals surface area contributed by atoms with Crippen LogP contribution in [-0.4, -0.2) is 34.6 Å². The number of carboxylic acid groups (broad SMARTS) is 1. The Morgan fingerprint density at radius 1 is 1.33 bits per heavy atom. The van der Waals surface area contributed by atoms with Crippen molar-refractivity contribution < 1.29 is 28.2 Å². The molecule has 104 valence electrons. The van der Waals surface area contributed by atoms with Gasteiger partial charge >= 0.3 is 11.9 Å². The molecule has 1 saturated carbocycles. The largest absolute Gasteiger partial charge is 0.481 e. The van der Waals surface area contributed by atoms with E-state index in [0.717, 1.165) is 0 Å². The molecule has 0 saturated heterocycles. The number of halogens is 2. The summed E-state index contributed by atoms with van der Waals surface area (Å²) < 4.78 is 30.7. The number of hydrogen-bond acceptors (Lipinski definition) is 4. The van der Waals surface area contributed by atoms with Gasteiger partial charge in [-0.2, -0.15) is 0 Å². The maximum atomic E-state index is 12.9. The monoisotopic (exact) mass is 265 g/mol. The average Bonchev–Trinajstić information content (AvgIpc) is 2.08. The molecule has 7 heteroatoms. The number of ether oxygens (including phenoxy) is 1. The molecule has 1 aliphatic rings. The first kappa shape index (κ1) is 14.8. The molecule has 0 aromatic rings. The lowest BCUT2D eigenvalue weighted by Crippen LogP contribution is -2.63. The predicted molar refractivity (Wildman–Crippen MR) is 58.1 cm³/mol. The summed E-state index contributed by atoms with van der Waals surface area (Å²) in [4.78, 5) is 22.7. The summed E-state index contributed by atoms with van der Waals surface area (Å²) in [5.74, 6) is -5.55. The van der Waals surface area contributed by atoms with Gasteiger partial charge in [0.05, 0.1) is 0 Å². The number of hydrogen-bond donors (Lipinski definition) is 2. The standard InChI is InChI=1S/C11H17F2NO4/c1-9(2,3)18-7(15)6(14)10(8(16)17)4-11(12,13)5-10/h6H,4-5,14H2,1-3H3,(H,16,17)/t6-/m1/s1. The van der Waals surface area contributed by atoms with Crippen LogP contribution < -0.4 is 5.73 Å². The van der Waals surface area contributed by atoms with E-state index in [1.54, 1.807) is 20.8 Å². The van der Waals surface area contributed by atoms with Gasteiger partial charge in [-0.15, -0.1) is 0 Å². The molecule has 0 amide bonds. The number of nitrogens with two attached hydrogens (primary N) is 1. The molecule has 3 N–H and O–H groups in total. The van der Waals surface area contributed by atoms with Gasteiger partial charge in [0.1, 0.15) is 17.1 Å². The molecule has 18 heavy (non-hydrogen) atoms. The maximum absolute atomic E-state index is 12.9. The van der Waals surface area contributed by atoms with Crippen LogP contribution in [0.5, 0.6) is 0 Å². The smallest absolute Gasteiger partial charge is 0.324 e. The van der Waals surface area contributed by atoms with Crippen LogP contribution in [0.25, 0.3) is 0 Å². The van der Waals surface area contributed by atoms with E-state index in [1.165, 1.54) is 0 Å². The van der Waals surface area contributed by atoms with Gasteiger partial charge in [-0.3, -0.25) is 9.59 Å². The third-order valence-corrected chi connectivity index (χ3v) is 2.83. The van der Waals surface area contributed by atoms with Crippen molar-refractivity contribution in [2.24, 2.45) is 11.1 Å². The molecule has 0 aliphatic heterocycles. The highest BCUT2D eigenvalue weighted by Crippen LogP contribution is 2.54. The Morgan fingerprint density at radius 2 is 1.78 bits per heavy atom. The van der Waals surface area contributed by atoms with Crippen molar-refractivity contribution in [1.29, 1.82) is 0 Å². The normalized spacial score (nSPS) is 22.8. The quantitative estimate of drug-likeness (QED) is 0.747. The van der Waals surface area contributed by atoms with Gasteiger partial charge in [0.15, 0.2) is 0 Å². The van der Waals surface area contributed by atoms with Crippen LogP contribution >= 0.6 is 0 Å². The molecule has 0 aromatic heterocycles. The first-order valence-electron chi connectivity index (χ1n) is 5.49. The van der Waals surface area contributed by atoms with Crippen LogP contribution in [0, 0.1) is 5.41 Å². The van der Waals surface area contributed by atoms with Gasteiger partial charge in [-0.25, -0.2) is 8.78 Å². The molecular formula is C11H17F2NO4. The highest BCUT2D eigenvalue weighted by atomic mass is 19.3. The zero-order chi connectivity index (χ0) is 14.4. The molecule has 0 spiro atoms. The predicted octanol–water partition coefficient (Wildman–Crippen LogP) is 1.16. The van der Waals surface area contributed by atoms with Crippen LogP contribution in [0.4, 0.5) is 8.78 Å². The zero-order valence-corrected chi connectivity index (χ0v) is 10.5. The first-order valence-corrected chi connectivity index (χ1v) is 5.49. The summed E-state index contributed by atoms with van der Waals surface area (Å²) >= 11 is 0. The fraction of sp³-hybridized carbons (Fsp3) is 0.818. The molecule has 1 aliphatic carbocycles. The topological polar surface area (TPSA) is 89.6 Å². The highest BCUT2D eigenvalue weighted by molar-refractivity contribution is 5.88. The van der Waals surface area contributed by atoms with E-state index in [9.17, 15) is 18.4 Å². The number of esters is 1. The number of rotatable bonds is 3. The third-order valence-electron chi connectivity index (χ3n) is 2.83. The van der Waals surface area contributed by atoms with E-state index < -0.39 is 47.8 Å². The van der Waals surface area contributed by atoms with Crippen molar-refractivity contribution in [3.05, 3.63) is 0 Å². The molecule has 0 aromatic carbocycles. The minimum atomic E-state index is -3.09. The van der Waals surface area contributed by atoms with Crippen LogP contribution in [-0.2, 0) is 14.3 Å². The second kappa shape index (κ2) is 4.15. The van der Waals surface area contributed by atoms with Gasteiger partial charge in [0.25, 0.3) is 5.92 Å². The fourth-order valence-electron chi connectivity index (χ4n) is 1.97. The van der Waals surface area contributed by atoms with Crippen LogP contribution in [0.1, 0.15) is 33.6 Å². The van der Waals surface area contributed by atoms with E-state index in [4.69, 9.17) is 15.6 Å². The summed E-state index contributed by atoms with van der Waals surface area (Å²) in [6.45, 7) is 4.75. The van der Waals surface area contributed by atoms with Crippen LogP contribution in [0.15, 0.2) is 0 Å². The lowest BCUT2D eigenvalue weighted by molar-refractivity contribution is -0.205. The number of carbonyl (C=O) groups is 2. The summed E-state index contributed by atoms with van der Waals surface area (Å²) in [6.07, 6.45) is -1.87. The lowest BCUT2D eigenvalue weighted by atomic mass is 9.61. The summed E-state index contributed by atoms with van der Waals surface area (Å²) in [5.41, 5.74) is 2.73. The van der Waals surface area contributed by atoms with Gasteiger partial charge in [-0.1, -0.05) is 0 Å². The molecule has 1 rings (SSSR count). The van der Waals surface area contributed by atoms with Crippen molar-refractivity contribution >= 4 is 11.9 Å². The highest BCUT2D eigenvalue weighted by Gasteiger charge is 2.66. The minimum Gasteiger partial charge on any atom is -0.481 e. The number of alkyl halides is 2. The average molecular weight is 265 g/mol.